The van der Waals surface area contributed by atoms with E-state index in [4.69, 9.17) is 10.5 Å². The molecule has 2 rings (SSSR count). The van der Waals surface area contributed by atoms with Crippen LogP contribution in [0.4, 0.5) is 0 Å². The van der Waals surface area contributed by atoms with Crippen LogP contribution >= 0.6 is 0 Å². The van der Waals surface area contributed by atoms with E-state index in [0.717, 1.165) is 25.9 Å². The molecule has 1 amide bonds. The quantitative estimate of drug-likeness (QED) is 0.667. The zero-order valence-electron chi connectivity index (χ0n) is 9.82. The van der Waals surface area contributed by atoms with Crippen molar-refractivity contribution in [1.29, 1.82) is 0 Å². The SMILES string of the molecule is CC1CN(CC(=O)NC2CC2)CC(CN)O1. The molecule has 0 spiro atoms. The molecule has 0 aromatic heterocycles. The van der Waals surface area contributed by atoms with Crippen molar-refractivity contribution >= 4 is 5.91 Å². The standard InChI is InChI=1S/C11H21N3O2/c1-8-5-14(6-10(4-12)16-8)7-11(15)13-9-2-3-9/h8-10H,2-7,12H2,1H3,(H,13,15). The molecule has 2 aliphatic rings. The molecule has 16 heavy (non-hydrogen) atoms. The second-order valence-electron chi connectivity index (χ2n) is 4.84. The first-order valence-corrected chi connectivity index (χ1v) is 6.04. The largest absolute Gasteiger partial charge is 0.371 e. The van der Waals surface area contributed by atoms with Gasteiger partial charge < -0.3 is 15.8 Å². The fourth-order valence-electron chi connectivity index (χ4n) is 2.10. The van der Waals surface area contributed by atoms with E-state index in [2.05, 4.69) is 10.2 Å². The lowest BCUT2D eigenvalue weighted by Crippen LogP contribution is -2.52. The molecule has 1 saturated carbocycles. The Balaban J connectivity index is 1.76. The average Bonchev–Trinajstić information content (AvgIpc) is 3.00. The van der Waals surface area contributed by atoms with Crippen LogP contribution in [0.3, 0.4) is 0 Å². The molecular weight excluding hydrogens is 206 g/mol. The van der Waals surface area contributed by atoms with Crippen LogP contribution in [0.25, 0.3) is 0 Å². The maximum absolute atomic E-state index is 11.6. The summed E-state index contributed by atoms with van der Waals surface area (Å²) in [6.07, 6.45) is 2.50. The van der Waals surface area contributed by atoms with Gasteiger partial charge in [-0.2, -0.15) is 0 Å². The van der Waals surface area contributed by atoms with E-state index in [0.29, 0.717) is 19.1 Å². The monoisotopic (exact) mass is 227 g/mol. The van der Waals surface area contributed by atoms with Gasteiger partial charge in [0.2, 0.25) is 5.91 Å². The summed E-state index contributed by atoms with van der Waals surface area (Å²) < 4.78 is 5.64. The number of nitrogens with one attached hydrogen (secondary N) is 1. The highest BCUT2D eigenvalue weighted by Crippen LogP contribution is 2.18. The summed E-state index contributed by atoms with van der Waals surface area (Å²) in [5, 5.41) is 3.00. The number of nitrogens with two attached hydrogens (primary N) is 1. The molecule has 5 nitrogen and oxygen atoms in total. The van der Waals surface area contributed by atoms with Gasteiger partial charge in [-0.1, -0.05) is 0 Å². The number of hydrogen-bond donors (Lipinski definition) is 2. The zero-order chi connectivity index (χ0) is 11.5. The molecular formula is C11H21N3O2. The summed E-state index contributed by atoms with van der Waals surface area (Å²) in [5.41, 5.74) is 5.60. The van der Waals surface area contributed by atoms with E-state index >= 15 is 0 Å². The van der Waals surface area contributed by atoms with E-state index in [1.165, 1.54) is 0 Å². The van der Waals surface area contributed by atoms with E-state index in [9.17, 15) is 4.79 Å². The minimum atomic E-state index is 0.0671. The van der Waals surface area contributed by atoms with Crippen LogP contribution in [0.1, 0.15) is 19.8 Å². The van der Waals surface area contributed by atoms with E-state index in [-0.39, 0.29) is 18.1 Å². The number of rotatable bonds is 4. The summed E-state index contributed by atoms with van der Waals surface area (Å²) in [6.45, 7) is 4.59. The smallest absolute Gasteiger partial charge is 0.234 e. The highest BCUT2D eigenvalue weighted by molar-refractivity contribution is 5.78. The lowest BCUT2D eigenvalue weighted by atomic mass is 10.2. The number of hydrogen-bond acceptors (Lipinski definition) is 4. The Morgan fingerprint density at radius 3 is 2.88 bits per heavy atom. The number of carbonyl (C=O) groups excluding carboxylic acids is 1. The summed E-state index contributed by atoms with van der Waals surface area (Å²) >= 11 is 0. The fraction of sp³-hybridized carbons (Fsp3) is 0.909. The van der Waals surface area contributed by atoms with Crippen molar-refractivity contribution in [3.63, 3.8) is 0 Å². The second-order valence-corrected chi connectivity index (χ2v) is 4.84. The topological polar surface area (TPSA) is 67.6 Å². The average molecular weight is 227 g/mol. The minimum Gasteiger partial charge on any atom is -0.371 e. The van der Waals surface area contributed by atoms with E-state index in [1.54, 1.807) is 0 Å². The third kappa shape index (κ3) is 3.43. The third-order valence-electron chi connectivity index (χ3n) is 2.97. The highest BCUT2D eigenvalue weighted by Gasteiger charge is 2.28. The van der Waals surface area contributed by atoms with Gasteiger partial charge >= 0.3 is 0 Å². The molecule has 1 aliphatic heterocycles. The first kappa shape index (κ1) is 11.8. The van der Waals surface area contributed by atoms with Crippen molar-refractivity contribution in [2.75, 3.05) is 26.2 Å². The lowest BCUT2D eigenvalue weighted by Gasteiger charge is -2.35. The molecule has 2 fully saturated rings. The summed E-state index contributed by atoms with van der Waals surface area (Å²) in [4.78, 5) is 13.8. The van der Waals surface area contributed by atoms with Crippen molar-refractivity contribution in [2.45, 2.75) is 38.0 Å². The Kier molecular flexibility index (Phi) is 3.78. The van der Waals surface area contributed by atoms with E-state index < -0.39 is 0 Å². The van der Waals surface area contributed by atoms with Crippen LogP contribution < -0.4 is 11.1 Å². The first-order valence-electron chi connectivity index (χ1n) is 6.04. The molecule has 2 atom stereocenters. The third-order valence-corrected chi connectivity index (χ3v) is 2.97. The van der Waals surface area contributed by atoms with Crippen molar-refractivity contribution < 1.29 is 9.53 Å². The predicted molar refractivity (Wildman–Crippen MR) is 61.0 cm³/mol. The van der Waals surface area contributed by atoms with Gasteiger partial charge in [-0.3, -0.25) is 9.69 Å². The number of ether oxygens (including phenoxy) is 1. The van der Waals surface area contributed by atoms with Crippen LogP contribution in [0.2, 0.25) is 0 Å². The molecule has 0 bridgehead atoms. The van der Waals surface area contributed by atoms with Gasteiger partial charge in [0, 0.05) is 25.7 Å². The second kappa shape index (κ2) is 5.12. The number of morpholine rings is 1. The van der Waals surface area contributed by atoms with E-state index in [1.807, 2.05) is 6.92 Å². The first-order chi connectivity index (χ1) is 7.67. The molecule has 5 heteroatoms. The van der Waals surface area contributed by atoms with Crippen LogP contribution in [-0.4, -0.2) is 55.2 Å². The van der Waals surface area contributed by atoms with Gasteiger partial charge in [-0.25, -0.2) is 0 Å². The molecule has 3 N–H and O–H groups in total. The van der Waals surface area contributed by atoms with Crippen LogP contribution in [0.15, 0.2) is 0 Å². The Bertz CT molecular complexity index is 256. The molecule has 0 radical (unpaired) electrons. The Hall–Kier alpha value is -0.650. The molecule has 1 aliphatic carbocycles. The highest BCUT2D eigenvalue weighted by atomic mass is 16.5. The molecule has 92 valence electrons. The Labute approximate surface area is 96.3 Å². The summed E-state index contributed by atoms with van der Waals surface area (Å²) in [7, 11) is 0. The number of amides is 1. The molecule has 1 saturated heterocycles. The van der Waals surface area contributed by atoms with Crippen LogP contribution in [0, 0.1) is 0 Å². The summed E-state index contributed by atoms with van der Waals surface area (Å²) in [6, 6.07) is 0.441. The van der Waals surface area contributed by atoms with Crippen LogP contribution in [-0.2, 0) is 9.53 Å². The molecule has 0 aromatic carbocycles. The van der Waals surface area contributed by atoms with Gasteiger partial charge in [-0.15, -0.1) is 0 Å². The molecule has 2 unspecified atom stereocenters. The fourth-order valence-corrected chi connectivity index (χ4v) is 2.10. The minimum absolute atomic E-state index is 0.0671. The predicted octanol–water partition coefficient (Wildman–Crippen LogP) is -0.687. The maximum atomic E-state index is 11.6. The van der Waals surface area contributed by atoms with Crippen molar-refractivity contribution in [1.82, 2.24) is 10.2 Å². The van der Waals surface area contributed by atoms with Crippen molar-refractivity contribution in [3.8, 4) is 0 Å². The Morgan fingerprint density at radius 2 is 2.25 bits per heavy atom. The summed E-state index contributed by atoms with van der Waals surface area (Å²) in [5.74, 6) is 0.132. The van der Waals surface area contributed by atoms with Gasteiger partial charge in [0.05, 0.1) is 18.8 Å². The van der Waals surface area contributed by atoms with Gasteiger partial charge in [0.15, 0.2) is 0 Å². The Morgan fingerprint density at radius 1 is 1.50 bits per heavy atom. The van der Waals surface area contributed by atoms with Gasteiger partial charge in [-0.05, 0) is 19.8 Å². The number of nitrogens with zero attached hydrogens (tertiary/aromatic N) is 1. The zero-order valence-corrected chi connectivity index (χ0v) is 9.82. The maximum Gasteiger partial charge on any atom is 0.234 e. The normalized spacial score (nSPS) is 31.4. The van der Waals surface area contributed by atoms with Crippen LogP contribution in [0.5, 0.6) is 0 Å². The van der Waals surface area contributed by atoms with Gasteiger partial charge in [0.1, 0.15) is 0 Å². The molecule has 1 heterocycles. The number of carbonyl (C=O) groups is 1. The lowest BCUT2D eigenvalue weighted by molar-refractivity contribution is -0.126. The molecule has 0 aromatic rings. The van der Waals surface area contributed by atoms with Gasteiger partial charge in [0.25, 0.3) is 0 Å². The van der Waals surface area contributed by atoms with Crippen molar-refractivity contribution in [3.05, 3.63) is 0 Å². The van der Waals surface area contributed by atoms with Crippen molar-refractivity contribution in [2.24, 2.45) is 5.73 Å².